The second kappa shape index (κ2) is 3.62. The number of carbonyl (C=O) groups excluding carboxylic acids is 1. The van der Waals surface area contributed by atoms with Crippen LogP contribution in [0.5, 0.6) is 0 Å². The molecule has 0 radical (unpaired) electrons. The van der Waals surface area contributed by atoms with E-state index < -0.39 is 0 Å². The number of halogens is 1. The van der Waals surface area contributed by atoms with Crippen molar-refractivity contribution in [3.05, 3.63) is 41.9 Å². The number of anilines is 1. The predicted octanol–water partition coefficient (Wildman–Crippen LogP) is 2.48. The minimum Gasteiger partial charge on any atom is -0.359 e. The number of benzene rings is 1. The van der Waals surface area contributed by atoms with E-state index in [-0.39, 0.29) is 11.6 Å². The monoisotopic (exact) mass is 191 g/mol. The maximum Gasteiger partial charge on any atom is 0.157 e. The molecule has 2 rings (SSSR count). The Kier molecular flexibility index (Phi) is 2.31. The van der Waals surface area contributed by atoms with Gasteiger partial charge in [-0.1, -0.05) is 0 Å². The van der Waals surface area contributed by atoms with E-state index >= 15 is 0 Å². The highest BCUT2D eigenvalue weighted by Gasteiger charge is 2.11. The van der Waals surface area contributed by atoms with Crippen molar-refractivity contribution in [2.24, 2.45) is 0 Å². The molecule has 0 amide bonds. The van der Waals surface area contributed by atoms with Crippen molar-refractivity contribution in [3.8, 4) is 0 Å². The van der Waals surface area contributed by atoms with E-state index in [1.807, 2.05) is 0 Å². The van der Waals surface area contributed by atoms with Gasteiger partial charge in [0.05, 0.1) is 0 Å². The Morgan fingerprint density at radius 3 is 2.43 bits per heavy atom. The van der Waals surface area contributed by atoms with Crippen LogP contribution in [0, 0.1) is 5.82 Å². The molecule has 1 aliphatic carbocycles. The summed E-state index contributed by atoms with van der Waals surface area (Å²) in [5.41, 5.74) is 1.72. The van der Waals surface area contributed by atoms with Gasteiger partial charge in [0.15, 0.2) is 5.78 Å². The van der Waals surface area contributed by atoms with Gasteiger partial charge in [0.2, 0.25) is 0 Å². The summed E-state index contributed by atoms with van der Waals surface area (Å²) in [7, 11) is 0. The summed E-state index contributed by atoms with van der Waals surface area (Å²) in [5.74, 6) is -0.110. The molecule has 0 unspecified atom stereocenters. The third-order valence-electron chi connectivity index (χ3n) is 2.13. The number of allylic oxidation sites excluding steroid dienone is 2. The van der Waals surface area contributed by atoms with Crippen LogP contribution in [0.2, 0.25) is 0 Å². The molecule has 1 aromatic rings. The molecular weight excluding hydrogens is 181 g/mol. The number of carbonyl (C=O) groups is 1. The van der Waals surface area contributed by atoms with Crippen molar-refractivity contribution >= 4 is 11.5 Å². The number of hydrogen-bond donors (Lipinski definition) is 1. The van der Waals surface area contributed by atoms with Crippen LogP contribution in [0.15, 0.2) is 36.0 Å². The van der Waals surface area contributed by atoms with E-state index in [4.69, 9.17) is 0 Å². The molecule has 1 aliphatic rings. The summed E-state index contributed by atoms with van der Waals surface area (Å²) in [6.07, 6.45) is 2.92. The molecule has 3 heteroatoms. The van der Waals surface area contributed by atoms with Crippen molar-refractivity contribution in [2.45, 2.75) is 12.8 Å². The van der Waals surface area contributed by atoms with E-state index in [0.717, 1.165) is 17.8 Å². The third kappa shape index (κ3) is 1.99. The minimum atomic E-state index is -0.257. The molecule has 1 N–H and O–H groups in total. The zero-order valence-electron chi connectivity index (χ0n) is 7.59. The Balaban J connectivity index is 2.08. The van der Waals surface area contributed by atoms with Gasteiger partial charge < -0.3 is 5.32 Å². The smallest absolute Gasteiger partial charge is 0.157 e. The fraction of sp³-hybridized carbons (Fsp3) is 0.182. The molecule has 0 saturated heterocycles. The largest absolute Gasteiger partial charge is 0.359 e. The van der Waals surface area contributed by atoms with E-state index in [2.05, 4.69) is 5.32 Å². The van der Waals surface area contributed by atoms with Gasteiger partial charge in [-0.3, -0.25) is 4.79 Å². The quantitative estimate of drug-likeness (QED) is 0.778. The lowest BCUT2D eigenvalue weighted by Crippen LogP contribution is -1.95. The molecule has 0 spiro atoms. The highest BCUT2D eigenvalue weighted by atomic mass is 19.1. The van der Waals surface area contributed by atoms with E-state index in [0.29, 0.717) is 6.42 Å². The fourth-order valence-electron chi connectivity index (χ4n) is 1.41. The molecule has 0 fully saturated rings. The summed E-state index contributed by atoms with van der Waals surface area (Å²) in [4.78, 5) is 10.9. The van der Waals surface area contributed by atoms with Gasteiger partial charge in [-0.15, -0.1) is 0 Å². The molecule has 0 saturated carbocycles. The van der Waals surface area contributed by atoms with Gasteiger partial charge in [0, 0.05) is 23.9 Å². The van der Waals surface area contributed by atoms with Crippen LogP contribution in [-0.2, 0) is 4.79 Å². The van der Waals surface area contributed by atoms with Gasteiger partial charge in [-0.2, -0.15) is 0 Å². The first kappa shape index (κ1) is 8.94. The van der Waals surface area contributed by atoms with Crippen LogP contribution in [0.1, 0.15) is 12.8 Å². The Morgan fingerprint density at radius 2 is 1.86 bits per heavy atom. The van der Waals surface area contributed by atoms with Crippen LogP contribution >= 0.6 is 0 Å². The first-order valence-electron chi connectivity index (χ1n) is 4.50. The molecule has 0 bridgehead atoms. The third-order valence-corrected chi connectivity index (χ3v) is 2.13. The average Bonchev–Trinajstić information content (AvgIpc) is 2.56. The Morgan fingerprint density at radius 1 is 1.14 bits per heavy atom. The van der Waals surface area contributed by atoms with E-state index in [1.165, 1.54) is 12.1 Å². The average molecular weight is 191 g/mol. The highest BCUT2D eigenvalue weighted by Crippen LogP contribution is 2.18. The first-order valence-corrected chi connectivity index (χ1v) is 4.50. The summed E-state index contributed by atoms with van der Waals surface area (Å²) >= 11 is 0. The van der Waals surface area contributed by atoms with Crippen LogP contribution in [-0.4, -0.2) is 5.78 Å². The van der Waals surface area contributed by atoms with E-state index in [1.54, 1.807) is 18.2 Å². The summed E-state index contributed by atoms with van der Waals surface area (Å²) in [6, 6.07) is 6.08. The maximum atomic E-state index is 12.6. The lowest BCUT2D eigenvalue weighted by Gasteiger charge is -2.05. The van der Waals surface area contributed by atoms with Crippen LogP contribution in [0.25, 0.3) is 0 Å². The summed E-state index contributed by atoms with van der Waals surface area (Å²) in [6.45, 7) is 0. The first-order chi connectivity index (χ1) is 6.74. The van der Waals surface area contributed by atoms with Crippen molar-refractivity contribution in [1.82, 2.24) is 0 Å². The van der Waals surface area contributed by atoms with Crippen molar-refractivity contribution in [1.29, 1.82) is 0 Å². The molecule has 0 atom stereocenters. The summed E-state index contributed by atoms with van der Waals surface area (Å²) < 4.78 is 12.6. The van der Waals surface area contributed by atoms with Crippen LogP contribution in [0.4, 0.5) is 10.1 Å². The van der Waals surface area contributed by atoms with Crippen molar-refractivity contribution in [3.63, 3.8) is 0 Å². The standard InChI is InChI=1S/C11H10FNO/c12-8-1-3-9(4-2-8)13-10-5-6-11(14)7-10/h1-4,7,13H,5-6H2. The SMILES string of the molecule is O=C1C=C(Nc2ccc(F)cc2)CC1. The molecular formula is C11H10FNO. The van der Waals surface area contributed by atoms with E-state index in [9.17, 15) is 9.18 Å². The lowest BCUT2D eigenvalue weighted by molar-refractivity contribution is -0.114. The maximum absolute atomic E-state index is 12.6. The topological polar surface area (TPSA) is 29.1 Å². The molecule has 1 aromatic carbocycles. The number of hydrogen-bond acceptors (Lipinski definition) is 2. The molecule has 14 heavy (non-hydrogen) atoms. The Labute approximate surface area is 81.4 Å². The summed E-state index contributed by atoms with van der Waals surface area (Å²) in [5, 5.41) is 3.07. The number of ketones is 1. The van der Waals surface area contributed by atoms with Crippen LogP contribution < -0.4 is 5.32 Å². The molecule has 2 nitrogen and oxygen atoms in total. The zero-order valence-corrected chi connectivity index (χ0v) is 7.59. The highest BCUT2D eigenvalue weighted by molar-refractivity contribution is 5.93. The van der Waals surface area contributed by atoms with Crippen molar-refractivity contribution < 1.29 is 9.18 Å². The zero-order chi connectivity index (χ0) is 9.97. The second-order valence-corrected chi connectivity index (χ2v) is 3.27. The molecule has 0 aromatic heterocycles. The Bertz CT molecular complexity index is 381. The normalized spacial score (nSPS) is 15.5. The predicted molar refractivity (Wildman–Crippen MR) is 52.3 cm³/mol. The minimum absolute atomic E-state index is 0.148. The molecule has 72 valence electrons. The molecule has 0 aliphatic heterocycles. The van der Waals surface area contributed by atoms with Gasteiger partial charge in [0.25, 0.3) is 0 Å². The second-order valence-electron chi connectivity index (χ2n) is 3.27. The van der Waals surface area contributed by atoms with Gasteiger partial charge in [-0.25, -0.2) is 4.39 Å². The number of rotatable bonds is 2. The molecule has 0 heterocycles. The van der Waals surface area contributed by atoms with Gasteiger partial charge in [0.1, 0.15) is 5.82 Å². The lowest BCUT2D eigenvalue weighted by atomic mass is 10.3. The Hall–Kier alpha value is -1.64. The van der Waals surface area contributed by atoms with Gasteiger partial charge in [-0.05, 0) is 30.7 Å². The number of nitrogens with one attached hydrogen (secondary N) is 1. The van der Waals surface area contributed by atoms with Crippen LogP contribution in [0.3, 0.4) is 0 Å². The fourth-order valence-corrected chi connectivity index (χ4v) is 1.41. The van der Waals surface area contributed by atoms with Gasteiger partial charge >= 0.3 is 0 Å². The van der Waals surface area contributed by atoms with Crippen molar-refractivity contribution in [2.75, 3.05) is 5.32 Å².